The van der Waals surface area contributed by atoms with Crippen LogP contribution in [0.4, 0.5) is 10.3 Å². The predicted molar refractivity (Wildman–Crippen MR) is 54.4 cm³/mol. The highest BCUT2D eigenvalue weighted by molar-refractivity contribution is 5.59. The number of nitrogens with zero attached hydrogens (tertiary/aromatic N) is 3. The Morgan fingerprint density at radius 2 is 2.07 bits per heavy atom. The molecule has 76 valence electrons. The molecule has 0 fully saturated rings. The summed E-state index contributed by atoms with van der Waals surface area (Å²) in [6.45, 7) is 1.87. The van der Waals surface area contributed by atoms with E-state index in [1.165, 1.54) is 6.20 Å². The van der Waals surface area contributed by atoms with Crippen LogP contribution in [0.5, 0.6) is 0 Å². The third kappa shape index (κ3) is 1.90. The molecule has 0 saturated heterocycles. The summed E-state index contributed by atoms with van der Waals surface area (Å²) in [6, 6.07) is 1.79. The maximum atomic E-state index is 13.4. The lowest BCUT2D eigenvalue weighted by Crippen LogP contribution is -1.99. The molecule has 0 aliphatic carbocycles. The Bertz CT molecular complexity index is 499. The number of aryl methyl sites for hydroxylation is 1. The zero-order valence-electron chi connectivity index (χ0n) is 8.11. The van der Waals surface area contributed by atoms with Crippen LogP contribution in [-0.4, -0.2) is 15.0 Å². The molecular weight excluding hydrogens is 195 g/mol. The first-order valence-corrected chi connectivity index (χ1v) is 4.37. The summed E-state index contributed by atoms with van der Waals surface area (Å²) in [7, 11) is 0. The van der Waals surface area contributed by atoms with E-state index in [2.05, 4.69) is 15.0 Å². The SMILES string of the molecule is Cc1cncc(-c2nc(N)ncc2F)c1. The molecule has 2 rings (SSSR count). The van der Waals surface area contributed by atoms with Gasteiger partial charge in [0.15, 0.2) is 5.82 Å². The van der Waals surface area contributed by atoms with E-state index in [-0.39, 0.29) is 11.6 Å². The fourth-order valence-corrected chi connectivity index (χ4v) is 1.27. The number of hydrogen-bond donors (Lipinski definition) is 1. The second-order valence-corrected chi connectivity index (χ2v) is 3.18. The van der Waals surface area contributed by atoms with Gasteiger partial charge in [0.2, 0.25) is 5.95 Å². The summed E-state index contributed by atoms with van der Waals surface area (Å²) in [5.41, 5.74) is 7.11. The van der Waals surface area contributed by atoms with Crippen molar-refractivity contribution in [3.05, 3.63) is 36.0 Å². The molecule has 2 N–H and O–H groups in total. The van der Waals surface area contributed by atoms with Crippen molar-refractivity contribution in [3.8, 4) is 11.3 Å². The van der Waals surface area contributed by atoms with Crippen molar-refractivity contribution in [2.45, 2.75) is 6.92 Å². The van der Waals surface area contributed by atoms with Crippen LogP contribution in [-0.2, 0) is 0 Å². The quantitative estimate of drug-likeness (QED) is 0.765. The molecule has 0 aliphatic heterocycles. The zero-order valence-corrected chi connectivity index (χ0v) is 8.11. The summed E-state index contributed by atoms with van der Waals surface area (Å²) in [5, 5.41) is 0. The van der Waals surface area contributed by atoms with Crippen LogP contribution < -0.4 is 5.73 Å². The molecule has 4 nitrogen and oxygen atoms in total. The molecule has 0 bridgehead atoms. The largest absolute Gasteiger partial charge is 0.368 e. The maximum absolute atomic E-state index is 13.4. The average Bonchev–Trinajstić information content (AvgIpc) is 2.22. The Morgan fingerprint density at radius 3 is 2.80 bits per heavy atom. The van der Waals surface area contributed by atoms with Gasteiger partial charge in [-0.05, 0) is 18.6 Å². The van der Waals surface area contributed by atoms with Gasteiger partial charge < -0.3 is 5.73 Å². The summed E-state index contributed by atoms with van der Waals surface area (Å²) >= 11 is 0. The maximum Gasteiger partial charge on any atom is 0.220 e. The van der Waals surface area contributed by atoms with E-state index in [1.807, 2.05) is 6.92 Å². The second-order valence-electron chi connectivity index (χ2n) is 3.18. The molecule has 0 spiro atoms. The Morgan fingerprint density at radius 1 is 1.27 bits per heavy atom. The van der Waals surface area contributed by atoms with E-state index in [1.54, 1.807) is 12.3 Å². The number of halogens is 1. The van der Waals surface area contributed by atoms with Gasteiger partial charge in [-0.1, -0.05) is 0 Å². The van der Waals surface area contributed by atoms with Gasteiger partial charge in [-0.3, -0.25) is 4.98 Å². The van der Waals surface area contributed by atoms with Crippen molar-refractivity contribution in [2.75, 3.05) is 5.73 Å². The number of rotatable bonds is 1. The van der Waals surface area contributed by atoms with E-state index in [9.17, 15) is 4.39 Å². The summed E-state index contributed by atoms with van der Waals surface area (Å²) in [4.78, 5) is 11.4. The number of aromatic nitrogens is 3. The average molecular weight is 204 g/mol. The van der Waals surface area contributed by atoms with E-state index < -0.39 is 5.82 Å². The van der Waals surface area contributed by atoms with Gasteiger partial charge in [0.1, 0.15) is 5.69 Å². The molecule has 2 aromatic rings. The van der Waals surface area contributed by atoms with Gasteiger partial charge in [0, 0.05) is 18.0 Å². The smallest absolute Gasteiger partial charge is 0.220 e. The van der Waals surface area contributed by atoms with Gasteiger partial charge in [-0.15, -0.1) is 0 Å². The van der Waals surface area contributed by atoms with E-state index >= 15 is 0 Å². The van der Waals surface area contributed by atoms with Gasteiger partial charge in [-0.25, -0.2) is 14.4 Å². The highest BCUT2D eigenvalue weighted by Crippen LogP contribution is 2.20. The fourth-order valence-electron chi connectivity index (χ4n) is 1.27. The lowest BCUT2D eigenvalue weighted by molar-refractivity contribution is 0.619. The molecule has 2 aromatic heterocycles. The Kier molecular flexibility index (Phi) is 2.29. The first-order valence-electron chi connectivity index (χ1n) is 4.37. The molecule has 2 heterocycles. The first kappa shape index (κ1) is 9.51. The van der Waals surface area contributed by atoms with Crippen LogP contribution in [0.1, 0.15) is 5.56 Å². The van der Waals surface area contributed by atoms with Gasteiger partial charge in [0.05, 0.1) is 6.20 Å². The van der Waals surface area contributed by atoms with Crippen LogP contribution in [0.3, 0.4) is 0 Å². The molecule has 0 aromatic carbocycles. The number of hydrogen-bond acceptors (Lipinski definition) is 4. The van der Waals surface area contributed by atoms with E-state index in [0.717, 1.165) is 11.8 Å². The standard InChI is InChI=1S/C10H9FN4/c1-6-2-7(4-13-3-6)9-8(11)5-14-10(12)15-9/h2-5H,1H3,(H2,12,14,15). The minimum atomic E-state index is -0.503. The van der Waals surface area contributed by atoms with Crippen molar-refractivity contribution in [1.29, 1.82) is 0 Å². The van der Waals surface area contributed by atoms with Crippen LogP contribution >= 0.6 is 0 Å². The third-order valence-electron chi connectivity index (χ3n) is 1.91. The molecule has 0 saturated carbocycles. The third-order valence-corrected chi connectivity index (χ3v) is 1.91. The van der Waals surface area contributed by atoms with E-state index in [4.69, 9.17) is 5.73 Å². The molecule has 0 radical (unpaired) electrons. The molecule has 0 unspecified atom stereocenters. The molecule has 0 amide bonds. The number of nitrogen functional groups attached to an aromatic ring is 1. The van der Waals surface area contributed by atoms with E-state index in [0.29, 0.717) is 5.56 Å². The minimum Gasteiger partial charge on any atom is -0.368 e. The van der Waals surface area contributed by atoms with Crippen molar-refractivity contribution in [3.63, 3.8) is 0 Å². The summed E-state index contributed by atoms with van der Waals surface area (Å²) in [6.07, 6.45) is 4.28. The predicted octanol–water partition coefficient (Wildman–Crippen LogP) is 1.57. The molecule has 15 heavy (non-hydrogen) atoms. The van der Waals surface area contributed by atoms with Crippen molar-refractivity contribution >= 4 is 5.95 Å². The highest BCUT2D eigenvalue weighted by Gasteiger charge is 2.08. The van der Waals surface area contributed by atoms with Gasteiger partial charge >= 0.3 is 0 Å². The monoisotopic (exact) mass is 204 g/mol. The first-order chi connectivity index (χ1) is 7.16. The fraction of sp³-hybridized carbons (Fsp3) is 0.100. The van der Waals surface area contributed by atoms with Crippen LogP contribution in [0, 0.1) is 12.7 Å². The van der Waals surface area contributed by atoms with Crippen LogP contribution in [0.2, 0.25) is 0 Å². The summed E-state index contributed by atoms with van der Waals surface area (Å²) < 4.78 is 13.4. The van der Waals surface area contributed by atoms with Crippen LogP contribution in [0.25, 0.3) is 11.3 Å². The topological polar surface area (TPSA) is 64.7 Å². The zero-order chi connectivity index (χ0) is 10.8. The lowest BCUT2D eigenvalue weighted by atomic mass is 10.1. The Balaban J connectivity index is 2.58. The number of pyridine rings is 1. The molecule has 0 atom stereocenters. The number of nitrogens with two attached hydrogens (primary N) is 1. The highest BCUT2D eigenvalue weighted by atomic mass is 19.1. The summed E-state index contributed by atoms with van der Waals surface area (Å²) in [5.74, 6) is -0.454. The van der Waals surface area contributed by atoms with Gasteiger partial charge in [-0.2, -0.15) is 0 Å². The normalized spacial score (nSPS) is 10.3. The molecular formula is C10H9FN4. The van der Waals surface area contributed by atoms with Gasteiger partial charge in [0.25, 0.3) is 0 Å². The van der Waals surface area contributed by atoms with Crippen LogP contribution in [0.15, 0.2) is 24.7 Å². The number of anilines is 1. The molecule has 0 aliphatic rings. The molecule has 5 heteroatoms. The Labute approximate surface area is 86.0 Å². The lowest BCUT2D eigenvalue weighted by Gasteiger charge is -2.03. The second kappa shape index (κ2) is 3.61. The van der Waals surface area contributed by atoms with Crippen molar-refractivity contribution < 1.29 is 4.39 Å². The Hall–Kier alpha value is -2.04. The van der Waals surface area contributed by atoms with Crippen molar-refractivity contribution in [2.24, 2.45) is 0 Å². The minimum absolute atomic E-state index is 0.0490. The van der Waals surface area contributed by atoms with Crippen molar-refractivity contribution in [1.82, 2.24) is 15.0 Å².